The number of nitrogens with one attached hydrogen (secondary N) is 3. The molecule has 3 atom stereocenters. The number of carboxylic acid groups (broad SMARTS) is 3. The Balaban J connectivity index is 0.000000384. The summed E-state index contributed by atoms with van der Waals surface area (Å²) < 4.78 is 0. The minimum Gasteiger partial charge on any atom is -0.480 e. The standard InChI is InChI=1S/3C5H7NO3.Tm/c3*7-4-2-1-3(6-4)5(8)9;/h3*3H,1-2H2,(H,6,7)(H,8,9);/t3*3-;/m000./s1. The molecule has 6 N–H and O–H groups in total. The maximum atomic E-state index is 10.4. The third-order valence-electron chi connectivity index (χ3n) is 3.88. The number of carboxylic acids is 3. The monoisotopic (exact) mass is 556 g/mol. The van der Waals surface area contributed by atoms with Crippen LogP contribution in [0.3, 0.4) is 0 Å². The van der Waals surface area contributed by atoms with E-state index in [2.05, 4.69) is 16.0 Å². The van der Waals surface area contributed by atoms with Crippen LogP contribution in [0.1, 0.15) is 38.5 Å². The average molecular weight is 556 g/mol. The van der Waals surface area contributed by atoms with Gasteiger partial charge in [-0.1, -0.05) is 0 Å². The zero-order valence-electron chi connectivity index (χ0n) is 14.5. The van der Waals surface area contributed by atoms with Gasteiger partial charge in [0.25, 0.3) is 0 Å². The molecule has 0 unspecified atom stereocenters. The Bertz CT molecular complexity index is 555. The summed E-state index contributed by atoms with van der Waals surface area (Å²) in [6, 6.07) is -1.92. The largest absolute Gasteiger partial charge is 0.480 e. The first-order chi connectivity index (χ1) is 12.6. The number of hydrogen-bond acceptors (Lipinski definition) is 6. The minimum atomic E-state index is -0.944. The SMILES string of the molecule is O=C1CC[C@@H](C(=O)O)N1.O=C1CC[C@@H](C(=O)O)N1.O=C1CC[C@@H](C(=O)O)N1.[Tm]. The van der Waals surface area contributed by atoms with Gasteiger partial charge in [-0.25, -0.2) is 14.4 Å². The fraction of sp³-hybridized carbons (Fsp3) is 0.600. The van der Waals surface area contributed by atoms with Gasteiger partial charge in [0.1, 0.15) is 18.1 Å². The van der Waals surface area contributed by atoms with Crippen LogP contribution < -0.4 is 16.0 Å². The molecule has 13 heteroatoms. The number of hydrogen-bond donors (Lipinski definition) is 6. The van der Waals surface area contributed by atoms with Crippen LogP contribution in [-0.4, -0.2) is 69.1 Å². The molecule has 0 saturated carbocycles. The fourth-order valence-corrected chi connectivity index (χ4v) is 2.40. The van der Waals surface area contributed by atoms with E-state index < -0.39 is 36.0 Å². The molecule has 0 aromatic heterocycles. The van der Waals surface area contributed by atoms with Crippen LogP contribution in [0, 0.1) is 36.9 Å². The Morgan fingerprint density at radius 3 is 0.893 bits per heavy atom. The second-order valence-corrected chi connectivity index (χ2v) is 5.99. The molecule has 0 aromatic rings. The summed E-state index contributed by atoms with van der Waals surface area (Å²) in [6.45, 7) is 0. The van der Waals surface area contributed by atoms with Crippen LogP contribution in [0.15, 0.2) is 0 Å². The first kappa shape index (κ1) is 26.1. The van der Waals surface area contributed by atoms with E-state index in [1.807, 2.05) is 0 Å². The Morgan fingerprint density at radius 1 is 0.607 bits per heavy atom. The number of carbonyl (C=O) groups excluding carboxylic acids is 3. The molecular formula is C15H21N3O9Tm. The van der Waals surface area contributed by atoms with Crippen molar-refractivity contribution in [1.29, 1.82) is 0 Å². The molecule has 3 heterocycles. The van der Waals surface area contributed by atoms with Crippen LogP contribution in [0.4, 0.5) is 0 Å². The predicted octanol–water partition coefficient (Wildman–Crippen LogP) is -1.95. The van der Waals surface area contributed by atoms with E-state index in [1.54, 1.807) is 0 Å². The first-order valence-electron chi connectivity index (χ1n) is 8.16. The molecule has 0 bridgehead atoms. The summed E-state index contributed by atoms with van der Waals surface area (Å²) in [4.78, 5) is 61.5. The molecule has 3 aliphatic heterocycles. The van der Waals surface area contributed by atoms with E-state index in [-0.39, 0.29) is 54.6 Å². The van der Waals surface area contributed by atoms with E-state index in [1.165, 1.54) is 0 Å². The third-order valence-corrected chi connectivity index (χ3v) is 3.88. The van der Waals surface area contributed by atoms with Gasteiger partial charge in [0.15, 0.2) is 0 Å². The third kappa shape index (κ3) is 9.31. The quantitative estimate of drug-likeness (QED) is 0.229. The Morgan fingerprint density at radius 2 is 0.821 bits per heavy atom. The van der Waals surface area contributed by atoms with Crippen LogP contribution in [0.2, 0.25) is 0 Å². The van der Waals surface area contributed by atoms with Gasteiger partial charge >= 0.3 is 17.9 Å². The summed E-state index contributed by atoms with van der Waals surface area (Å²) in [5.74, 6) is -3.32. The molecule has 3 fully saturated rings. The Labute approximate surface area is 188 Å². The van der Waals surface area contributed by atoms with Crippen molar-refractivity contribution >= 4 is 35.6 Å². The topological polar surface area (TPSA) is 199 Å². The van der Waals surface area contributed by atoms with Crippen LogP contribution in [0.25, 0.3) is 0 Å². The van der Waals surface area contributed by atoms with Gasteiger partial charge in [0.2, 0.25) is 17.7 Å². The molecule has 0 aliphatic carbocycles. The summed E-state index contributed by atoms with van der Waals surface area (Å²) >= 11 is 0. The number of carbonyl (C=O) groups is 6. The van der Waals surface area contributed by atoms with Crippen molar-refractivity contribution < 1.29 is 81.0 Å². The van der Waals surface area contributed by atoms with E-state index in [0.717, 1.165) is 0 Å². The van der Waals surface area contributed by atoms with Gasteiger partial charge in [-0.05, 0) is 19.3 Å². The van der Waals surface area contributed by atoms with Gasteiger partial charge < -0.3 is 31.3 Å². The van der Waals surface area contributed by atoms with Crippen LogP contribution >= 0.6 is 0 Å². The molecule has 28 heavy (non-hydrogen) atoms. The van der Waals surface area contributed by atoms with Crippen LogP contribution in [-0.2, 0) is 28.8 Å². The smallest absolute Gasteiger partial charge is 0.326 e. The van der Waals surface area contributed by atoms with E-state index in [0.29, 0.717) is 38.5 Å². The van der Waals surface area contributed by atoms with Crippen molar-refractivity contribution in [1.82, 2.24) is 16.0 Å². The summed E-state index contributed by atoms with van der Waals surface area (Å²) in [5, 5.41) is 31.9. The maximum Gasteiger partial charge on any atom is 0.326 e. The summed E-state index contributed by atoms with van der Waals surface area (Å²) in [5.41, 5.74) is 0. The molecule has 3 amide bonds. The average Bonchev–Trinajstić information content (AvgIpc) is 3.30. The van der Waals surface area contributed by atoms with Crippen molar-refractivity contribution in [2.45, 2.75) is 56.7 Å². The minimum absolute atomic E-state index is 0. The molecule has 3 saturated heterocycles. The van der Waals surface area contributed by atoms with Gasteiger partial charge in [-0.3, -0.25) is 14.4 Å². The molecular weight excluding hydrogens is 535 g/mol. The molecule has 3 aliphatic rings. The second kappa shape index (κ2) is 12.5. The van der Waals surface area contributed by atoms with Gasteiger partial charge in [0.05, 0.1) is 0 Å². The first-order valence-corrected chi connectivity index (χ1v) is 8.16. The van der Waals surface area contributed by atoms with Gasteiger partial charge in [-0.15, -0.1) is 0 Å². The van der Waals surface area contributed by atoms with Crippen molar-refractivity contribution in [3.63, 3.8) is 0 Å². The number of rotatable bonds is 3. The fourth-order valence-electron chi connectivity index (χ4n) is 2.40. The summed E-state index contributed by atoms with van der Waals surface area (Å²) in [7, 11) is 0. The molecule has 12 nitrogen and oxygen atoms in total. The molecule has 0 spiro atoms. The van der Waals surface area contributed by atoms with E-state index in [4.69, 9.17) is 15.3 Å². The van der Waals surface area contributed by atoms with Gasteiger partial charge in [-0.2, -0.15) is 0 Å². The van der Waals surface area contributed by atoms with Crippen LogP contribution in [0.5, 0.6) is 0 Å². The summed E-state index contributed by atoms with van der Waals surface area (Å²) in [6.07, 6.45) is 2.31. The molecule has 163 valence electrons. The normalized spacial score (nSPS) is 24.9. The molecule has 1 radical (unpaired) electrons. The van der Waals surface area contributed by atoms with Gasteiger partial charge in [0, 0.05) is 56.1 Å². The zero-order chi connectivity index (χ0) is 20.6. The predicted molar refractivity (Wildman–Crippen MR) is 86.4 cm³/mol. The molecule has 3 rings (SSSR count). The Hall–Kier alpha value is -1.95. The van der Waals surface area contributed by atoms with Crippen molar-refractivity contribution in [2.75, 3.05) is 0 Å². The number of aliphatic carboxylic acids is 3. The maximum absolute atomic E-state index is 10.4. The number of amides is 3. The van der Waals surface area contributed by atoms with E-state index >= 15 is 0 Å². The van der Waals surface area contributed by atoms with Crippen molar-refractivity contribution in [3.05, 3.63) is 0 Å². The second-order valence-electron chi connectivity index (χ2n) is 5.99. The van der Waals surface area contributed by atoms with Crippen molar-refractivity contribution in [2.24, 2.45) is 0 Å². The van der Waals surface area contributed by atoms with Crippen molar-refractivity contribution in [3.8, 4) is 0 Å². The molecule has 0 aromatic carbocycles. The zero-order valence-corrected chi connectivity index (χ0v) is 16.3. The Kier molecular flexibility index (Phi) is 11.6. The van der Waals surface area contributed by atoms with E-state index in [9.17, 15) is 28.8 Å².